The molecular formula is C36H72O4S2Sn2+4. The second-order valence-corrected chi connectivity index (χ2v) is 16.9. The molecule has 0 spiro atoms. The van der Waals surface area contributed by atoms with E-state index in [0.29, 0.717) is 12.8 Å². The van der Waals surface area contributed by atoms with Gasteiger partial charge in [-0.25, -0.2) is 0 Å². The number of carbonyl (C=O) groups is 2. The van der Waals surface area contributed by atoms with E-state index in [0.717, 1.165) is 37.5 Å². The summed E-state index contributed by atoms with van der Waals surface area (Å²) < 4.78 is 2.91. The molecule has 0 bridgehead atoms. The molecule has 8 heteroatoms. The zero-order valence-corrected chi connectivity index (χ0v) is 37.3. The molecule has 0 radical (unpaired) electrons. The van der Waals surface area contributed by atoms with E-state index in [1.165, 1.54) is 112 Å². The van der Waals surface area contributed by atoms with Gasteiger partial charge in [-0.2, -0.15) is 25.3 Å². The molecule has 0 saturated heterocycles. The molecule has 0 aliphatic carbocycles. The van der Waals surface area contributed by atoms with Crippen LogP contribution in [0, 0.1) is 11.8 Å². The number of unbranched alkanes of at least 4 members (excludes halogenated alkanes) is 14. The summed E-state index contributed by atoms with van der Waals surface area (Å²) in [5, 5.41) is 19.4. The molecule has 256 valence electrons. The number of rotatable bonds is 26. The minimum absolute atomic E-state index is 0.584. The van der Waals surface area contributed by atoms with Crippen LogP contribution < -0.4 is 10.2 Å². The van der Waals surface area contributed by atoms with Gasteiger partial charge in [0.15, 0.2) is 0 Å². The van der Waals surface area contributed by atoms with Crippen LogP contribution in [-0.4, -0.2) is 67.5 Å². The molecule has 0 saturated carbocycles. The first-order valence-electron chi connectivity index (χ1n) is 18.0. The Morgan fingerprint density at radius 3 is 0.977 bits per heavy atom. The zero-order valence-electron chi connectivity index (χ0n) is 29.8. The van der Waals surface area contributed by atoms with Crippen molar-refractivity contribution in [1.82, 2.24) is 0 Å². The normalized spacial score (nSPS) is 12.0. The van der Waals surface area contributed by atoms with Gasteiger partial charge in [0.05, 0.1) is 11.9 Å². The van der Waals surface area contributed by atoms with Gasteiger partial charge in [-0.1, -0.05) is 79.1 Å². The molecule has 0 aromatic heterocycles. The Labute approximate surface area is 313 Å². The number of carbonyl (C=O) groups excluding carboxylic acids is 2. The predicted octanol–water partition coefficient (Wildman–Crippen LogP) is 9.15. The Morgan fingerprint density at radius 2 is 0.727 bits per heavy atom. The van der Waals surface area contributed by atoms with E-state index in [1.807, 2.05) is 0 Å². The summed E-state index contributed by atoms with van der Waals surface area (Å²) in [7, 11) is 0. The standard InChI is InChI=1S/2C10H20O2S.2C8H17.2Sn/c2*1-8(2)6-4-3-5-7-9(13)10(11)12;2*1-3-5-7-8-6-4-2;;/h2*8-9,13H,3-7H2,1-2H3,(H,11,12);2*1,3-8H2,2H3;;/q;;;;2*+3/p-2. The van der Waals surface area contributed by atoms with Gasteiger partial charge in [0.2, 0.25) is 0 Å². The molecule has 0 aromatic rings. The summed E-state index contributed by atoms with van der Waals surface area (Å²) in [6, 6.07) is 0. The SMILES string of the molecule is CC(C)CCCCCC(S)C(=O)[O-].CC(C)CCCCCC(S)C(=O)[O-].CCCCCCC[CH2][Sn+3].CCCCCCC[CH2][Sn+3]. The molecule has 44 heavy (non-hydrogen) atoms. The van der Waals surface area contributed by atoms with Crippen LogP contribution in [0.2, 0.25) is 8.87 Å². The van der Waals surface area contributed by atoms with Crippen molar-refractivity contribution < 1.29 is 19.8 Å². The number of hydrogen-bond donors (Lipinski definition) is 2. The third-order valence-electron chi connectivity index (χ3n) is 7.12. The van der Waals surface area contributed by atoms with Gasteiger partial charge in [-0.3, -0.25) is 0 Å². The van der Waals surface area contributed by atoms with Crippen LogP contribution in [0.1, 0.15) is 183 Å². The van der Waals surface area contributed by atoms with E-state index in [-0.39, 0.29) is 0 Å². The van der Waals surface area contributed by atoms with Gasteiger partial charge < -0.3 is 19.8 Å². The summed E-state index contributed by atoms with van der Waals surface area (Å²) in [6.07, 6.45) is 27.6. The van der Waals surface area contributed by atoms with Crippen LogP contribution in [0.5, 0.6) is 0 Å². The maximum absolute atomic E-state index is 10.3. The molecule has 0 aromatic carbocycles. The predicted molar refractivity (Wildman–Crippen MR) is 199 cm³/mol. The van der Waals surface area contributed by atoms with Crippen molar-refractivity contribution in [2.45, 2.75) is 202 Å². The fourth-order valence-electron chi connectivity index (χ4n) is 4.18. The number of carboxylic acids is 2. The van der Waals surface area contributed by atoms with Crippen molar-refractivity contribution in [1.29, 1.82) is 0 Å². The Hall–Kier alpha value is 1.24. The van der Waals surface area contributed by atoms with Crippen LogP contribution in [0.15, 0.2) is 0 Å². The first-order chi connectivity index (χ1) is 20.9. The van der Waals surface area contributed by atoms with Crippen molar-refractivity contribution in [2.75, 3.05) is 0 Å². The van der Waals surface area contributed by atoms with Crippen molar-refractivity contribution in [2.24, 2.45) is 11.8 Å². The van der Waals surface area contributed by atoms with Gasteiger partial charge in [-0.05, 0) is 24.7 Å². The summed E-state index contributed by atoms with van der Waals surface area (Å²) in [5.74, 6) is -0.611. The number of carboxylic acid groups (broad SMARTS) is 2. The first kappa shape index (κ1) is 52.1. The summed E-state index contributed by atoms with van der Waals surface area (Å²) >= 11 is 11.2. The molecule has 0 heterocycles. The Morgan fingerprint density at radius 1 is 0.477 bits per heavy atom. The van der Waals surface area contributed by atoms with E-state index >= 15 is 0 Å². The molecule has 0 fully saturated rings. The van der Waals surface area contributed by atoms with Crippen LogP contribution in [-0.2, 0) is 9.59 Å². The van der Waals surface area contributed by atoms with E-state index < -0.39 is 22.4 Å². The van der Waals surface area contributed by atoms with E-state index in [4.69, 9.17) is 0 Å². The fourth-order valence-corrected chi connectivity index (χ4v) is 5.97. The van der Waals surface area contributed by atoms with Crippen molar-refractivity contribution in [3.05, 3.63) is 0 Å². The van der Waals surface area contributed by atoms with Gasteiger partial charge in [-0.15, -0.1) is 0 Å². The van der Waals surface area contributed by atoms with E-state index in [9.17, 15) is 19.8 Å². The van der Waals surface area contributed by atoms with Gasteiger partial charge in [0, 0.05) is 10.5 Å². The number of thiol groups is 2. The van der Waals surface area contributed by atoms with Crippen LogP contribution in [0.25, 0.3) is 0 Å². The van der Waals surface area contributed by atoms with Crippen molar-refractivity contribution >= 4 is 82.2 Å². The van der Waals surface area contributed by atoms with Crippen molar-refractivity contribution in [3.63, 3.8) is 0 Å². The van der Waals surface area contributed by atoms with Gasteiger partial charge >= 0.3 is 145 Å². The van der Waals surface area contributed by atoms with E-state index in [2.05, 4.69) is 66.8 Å². The molecule has 0 aliphatic heterocycles. The van der Waals surface area contributed by atoms with Crippen LogP contribution in [0.3, 0.4) is 0 Å². The third-order valence-corrected chi connectivity index (χ3v) is 10.1. The molecular weight excluding hydrogens is 798 g/mol. The maximum atomic E-state index is 10.3. The topological polar surface area (TPSA) is 80.3 Å². The minimum atomic E-state index is -1.05. The second kappa shape index (κ2) is 44.2. The monoisotopic (exact) mass is 872 g/mol. The fraction of sp³-hybridized carbons (Fsp3) is 0.944. The Balaban J connectivity index is -0.000000246. The van der Waals surface area contributed by atoms with Gasteiger partial charge in [0.1, 0.15) is 0 Å². The molecule has 0 rings (SSSR count). The molecule has 4 nitrogen and oxygen atoms in total. The molecule has 2 unspecified atom stereocenters. The summed E-state index contributed by atoms with van der Waals surface area (Å²) in [6.45, 7) is 13.3. The average molecular weight is 871 g/mol. The second-order valence-electron chi connectivity index (χ2n) is 12.8. The molecule has 2 atom stereocenters. The number of aliphatic carboxylic acids is 2. The van der Waals surface area contributed by atoms with Crippen LogP contribution >= 0.6 is 25.3 Å². The summed E-state index contributed by atoms with van der Waals surface area (Å²) in [5.41, 5.74) is 0. The van der Waals surface area contributed by atoms with Gasteiger partial charge in [0.25, 0.3) is 0 Å². The van der Waals surface area contributed by atoms with Crippen molar-refractivity contribution in [3.8, 4) is 0 Å². The molecule has 0 aliphatic rings. The van der Waals surface area contributed by atoms with E-state index in [1.54, 1.807) is 45.0 Å². The molecule has 0 N–H and O–H groups in total. The average Bonchev–Trinajstić information content (AvgIpc) is 2.97. The van der Waals surface area contributed by atoms with Crippen LogP contribution in [0.4, 0.5) is 0 Å². The number of hydrogen-bond acceptors (Lipinski definition) is 6. The Bertz CT molecular complexity index is 506. The molecule has 0 amide bonds. The first-order valence-corrected chi connectivity index (χ1v) is 23.0. The third kappa shape index (κ3) is 55.6. The summed E-state index contributed by atoms with van der Waals surface area (Å²) in [4.78, 5) is 20.6. The quantitative estimate of drug-likeness (QED) is 0.0517. The Kier molecular flexibility index (Phi) is 52.3. The zero-order chi connectivity index (χ0) is 34.4.